The van der Waals surface area contributed by atoms with Crippen molar-refractivity contribution >= 4 is 37.4 Å². The Bertz CT molecular complexity index is 389. The highest BCUT2D eigenvalue weighted by Gasteiger charge is 1.99. The van der Waals surface area contributed by atoms with Crippen LogP contribution in [0.2, 0.25) is 0 Å². The smallest absolute Gasteiger partial charge is 0.0487 e. The van der Waals surface area contributed by atoms with Crippen LogP contribution in [-0.4, -0.2) is 0 Å². The van der Waals surface area contributed by atoms with Gasteiger partial charge in [-0.15, -0.1) is 11.3 Å². The molecule has 0 nitrogen and oxygen atoms in total. The SMILES string of the molecule is Cc1[c]sc2ccc(Br)cc12. The minimum atomic E-state index is 1.14. The fraction of sp³-hybridized carbons (Fsp3) is 0.111. The lowest BCUT2D eigenvalue weighted by molar-refractivity contribution is 1.58. The molecule has 1 aromatic heterocycles. The zero-order valence-electron chi connectivity index (χ0n) is 6.02. The van der Waals surface area contributed by atoms with Crippen LogP contribution < -0.4 is 0 Å². The van der Waals surface area contributed by atoms with Gasteiger partial charge in [-0.05, 0) is 36.1 Å². The average molecular weight is 226 g/mol. The Morgan fingerprint density at radius 2 is 2.27 bits per heavy atom. The van der Waals surface area contributed by atoms with Crippen molar-refractivity contribution in [3.8, 4) is 0 Å². The van der Waals surface area contributed by atoms with Crippen molar-refractivity contribution in [3.63, 3.8) is 0 Å². The highest BCUT2D eigenvalue weighted by molar-refractivity contribution is 9.10. The van der Waals surface area contributed by atoms with Gasteiger partial charge >= 0.3 is 0 Å². The van der Waals surface area contributed by atoms with E-state index in [1.54, 1.807) is 11.3 Å². The van der Waals surface area contributed by atoms with Gasteiger partial charge < -0.3 is 0 Å². The van der Waals surface area contributed by atoms with Gasteiger partial charge in [0.2, 0.25) is 0 Å². The summed E-state index contributed by atoms with van der Waals surface area (Å²) in [4.78, 5) is 0. The standard InChI is InChI=1S/C9H6BrS/c1-6-5-11-9-3-2-7(10)4-8(6)9/h2-4H,1H3. The zero-order valence-corrected chi connectivity index (χ0v) is 8.42. The maximum Gasteiger partial charge on any atom is 0.0487 e. The van der Waals surface area contributed by atoms with Gasteiger partial charge in [-0.3, -0.25) is 0 Å². The van der Waals surface area contributed by atoms with E-state index in [2.05, 4.69) is 46.4 Å². The summed E-state index contributed by atoms with van der Waals surface area (Å²) in [6.45, 7) is 2.09. The number of benzene rings is 1. The number of hydrogen-bond donors (Lipinski definition) is 0. The lowest BCUT2D eigenvalue weighted by Gasteiger charge is -1.91. The largest absolute Gasteiger partial charge is 0.134 e. The first-order valence-electron chi connectivity index (χ1n) is 3.34. The van der Waals surface area contributed by atoms with Gasteiger partial charge in [0.25, 0.3) is 0 Å². The Morgan fingerprint density at radius 3 is 3.09 bits per heavy atom. The normalized spacial score (nSPS) is 10.7. The van der Waals surface area contributed by atoms with Crippen molar-refractivity contribution < 1.29 is 0 Å². The van der Waals surface area contributed by atoms with Crippen molar-refractivity contribution in [2.75, 3.05) is 0 Å². The molecule has 1 heterocycles. The molecule has 0 saturated carbocycles. The fourth-order valence-corrected chi connectivity index (χ4v) is 2.26. The monoisotopic (exact) mass is 225 g/mol. The molecule has 0 aliphatic heterocycles. The van der Waals surface area contributed by atoms with Crippen LogP contribution in [-0.2, 0) is 0 Å². The Morgan fingerprint density at radius 1 is 1.45 bits per heavy atom. The van der Waals surface area contributed by atoms with Gasteiger partial charge in [-0.1, -0.05) is 15.9 Å². The van der Waals surface area contributed by atoms with E-state index in [1.807, 2.05) is 0 Å². The molecule has 2 heteroatoms. The summed E-state index contributed by atoms with van der Waals surface area (Å²) in [5.74, 6) is 0. The van der Waals surface area contributed by atoms with Crippen LogP contribution in [0.25, 0.3) is 10.1 Å². The lowest BCUT2D eigenvalue weighted by Crippen LogP contribution is -1.67. The number of hydrogen-bond acceptors (Lipinski definition) is 1. The molecule has 2 aromatic rings. The van der Waals surface area contributed by atoms with Gasteiger partial charge in [0.05, 0.1) is 0 Å². The van der Waals surface area contributed by atoms with E-state index in [1.165, 1.54) is 15.6 Å². The van der Waals surface area contributed by atoms with Gasteiger partial charge in [-0.25, -0.2) is 0 Å². The summed E-state index contributed by atoms with van der Waals surface area (Å²) in [5, 5.41) is 4.53. The average Bonchev–Trinajstić information content (AvgIpc) is 2.33. The quantitative estimate of drug-likeness (QED) is 0.641. The van der Waals surface area contributed by atoms with Crippen LogP contribution >= 0.6 is 27.3 Å². The van der Waals surface area contributed by atoms with Crippen molar-refractivity contribution in [2.45, 2.75) is 6.92 Å². The highest BCUT2D eigenvalue weighted by Crippen LogP contribution is 2.27. The van der Waals surface area contributed by atoms with E-state index in [0.717, 1.165) is 4.47 Å². The van der Waals surface area contributed by atoms with E-state index in [4.69, 9.17) is 0 Å². The third-order valence-corrected chi connectivity index (χ3v) is 3.14. The van der Waals surface area contributed by atoms with E-state index in [0.29, 0.717) is 0 Å². The van der Waals surface area contributed by atoms with Crippen LogP contribution in [0.15, 0.2) is 22.7 Å². The van der Waals surface area contributed by atoms with Crippen LogP contribution in [0.1, 0.15) is 5.56 Å². The maximum absolute atomic E-state index is 3.44. The van der Waals surface area contributed by atoms with Crippen molar-refractivity contribution in [3.05, 3.63) is 33.6 Å². The predicted molar refractivity (Wildman–Crippen MR) is 53.1 cm³/mol. The molecule has 0 fully saturated rings. The van der Waals surface area contributed by atoms with Gasteiger partial charge in [-0.2, -0.15) is 0 Å². The molecule has 0 N–H and O–H groups in total. The fourth-order valence-electron chi connectivity index (χ4n) is 1.07. The van der Waals surface area contributed by atoms with Gasteiger partial charge in [0.15, 0.2) is 0 Å². The molecule has 55 valence electrons. The Balaban J connectivity index is 2.87. The first-order valence-corrected chi connectivity index (χ1v) is 4.94. The molecule has 1 radical (unpaired) electrons. The summed E-state index contributed by atoms with van der Waals surface area (Å²) in [6, 6.07) is 6.32. The van der Waals surface area contributed by atoms with Gasteiger partial charge in [0.1, 0.15) is 0 Å². The van der Waals surface area contributed by atoms with E-state index >= 15 is 0 Å². The van der Waals surface area contributed by atoms with Crippen LogP contribution in [0.4, 0.5) is 0 Å². The van der Waals surface area contributed by atoms with E-state index in [-0.39, 0.29) is 0 Å². The Kier molecular flexibility index (Phi) is 1.74. The van der Waals surface area contributed by atoms with Crippen molar-refractivity contribution in [1.29, 1.82) is 0 Å². The first kappa shape index (κ1) is 7.32. The Labute approximate surface area is 78.0 Å². The molecule has 0 unspecified atom stereocenters. The third-order valence-electron chi connectivity index (χ3n) is 1.66. The molecule has 0 amide bonds. The molecule has 2 rings (SSSR count). The molecule has 0 saturated heterocycles. The minimum absolute atomic E-state index is 1.14. The molecule has 11 heavy (non-hydrogen) atoms. The molecular formula is C9H6BrS. The molecule has 0 atom stereocenters. The van der Waals surface area contributed by atoms with Crippen LogP contribution in [0.5, 0.6) is 0 Å². The summed E-state index contributed by atoms with van der Waals surface area (Å²) in [7, 11) is 0. The van der Waals surface area contributed by atoms with Crippen molar-refractivity contribution in [1.82, 2.24) is 0 Å². The number of halogens is 1. The molecule has 0 aliphatic rings. The summed E-state index contributed by atoms with van der Waals surface area (Å²) < 4.78 is 2.45. The van der Waals surface area contributed by atoms with Gasteiger partial charge in [0, 0.05) is 14.6 Å². The molecule has 0 aliphatic carbocycles. The van der Waals surface area contributed by atoms with E-state index < -0.39 is 0 Å². The first-order chi connectivity index (χ1) is 5.27. The van der Waals surface area contributed by atoms with Crippen LogP contribution in [0, 0.1) is 12.3 Å². The topological polar surface area (TPSA) is 0 Å². The second kappa shape index (κ2) is 2.61. The zero-order chi connectivity index (χ0) is 7.84. The number of rotatable bonds is 0. The van der Waals surface area contributed by atoms with Crippen LogP contribution in [0.3, 0.4) is 0 Å². The summed E-state index contributed by atoms with van der Waals surface area (Å²) in [6.07, 6.45) is 0. The lowest BCUT2D eigenvalue weighted by atomic mass is 10.2. The minimum Gasteiger partial charge on any atom is -0.134 e. The van der Waals surface area contributed by atoms with E-state index in [9.17, 15) is 0 Å². The highest BCUT2D eigenvalue weighted by atomic mass is 79.9. The summed E-state index contributed by atoms with van der Waals surface area (Å²) in [5.41, 5.74) is 1.24. The predicted octanol–water partition coefficient (Wildman–Crippen LogP) is 3.77. The number of aryl methyl sites for hydroxylation is 1. The second-order valence-corrected chi connectivity index (χ2v) is 4.23. The maximum atomic E-state index is 3.44. The third kappa shape index (κ3) is 1.21. The molecular weight excluding hydrogens is 220 g/mol. The number of fused-ring (bicyclic) bond motifs is 1. The second-order valence-electron chi connectivity index (χ2n) is 2.47. The molecule has 1 aromatic carbocycles. The Hall–Kier alpha value is -0.340. The molecule has 0 bridgehead atoms. The van der Waals surface area contributed by atoms with Crippen molar-refractivity contribution in [2.24, 2.45) is 0 Å². The number of thiophene rings is 1. The summed E-state index contributed by atoms with van der Waals surface area (Å²) >= 11 is 5.12. The molecule has 0 spiro atoms.